The first-order chi connectivity index (χ1) is 13.5. The fourth-order valence-corrected chi connectivity index (χ4v) is 4.94. The molecule has 0 radical (unpaired) electrons. The van der Waals surface area contributed by atoms with Gasteiger partial charge in [0.05, 0.1) is 18.0 Å². The Bertz CT molecular complexity index is 1000. The highest BCUT2D eigenvalue weighted by molar-refractivity contribution is 7.92. The van der Waals surface area contributed by atoms with Gasteiger partial charge < -0.3 is 10.1 Å². The number of sulfonamides is 1. The topological polar surface area (TPSA) is 75.7 Å². The van der Waals surface area contributed by atoms with Crippen molar-refractivity contribution in [2.75, 3.05) is 10.6 Å². The molecule has 2 aromatic rings. The van der Waals surface area contributed by atoms with E-state index in [1.165, 1.54) is 0 Å². The van der Waals surface area contributed by atoms with Crippen LogP contribution in [0.25, 0.3) is 0 Å². The molecular formula is C22H28N2O4S. The second kappa shape index (κ2) is 7.71. The molecule has 0 fully saturated rings. The molecule has 0 bridgehead atoms. The van der Waals surface area contributed by atoms with Gasteiger partial charge >= 0.3 is 0 Å². The zero-order valence-corrected chi connectivity index (χ0v) is 18.3. The maximum atomic E-state index is 13.1. The first kappa shape index (κ1) is 21.2. The van der Waals surface area contributed by atoms with Gasteiger partial charge in [-0.25, -0.2) is 8.42 Å². The quantitative estimate of drug-likeness (QED) is 0.809. The van der Waals surface area contributed by atoms with Crippen molar-refractivity contribution in [1.29, 1.82) is 0 Å². The number of rotatable bonds is 5. The highest BCUT2D eigenvalue weighted by atomic mass is 32.2. The summed E-state index contributed by atoms with van der Waals surface area (Å²) in [6, 6.07) is 13.4. The lowest BCUT2D eigenvalue weighted by molar-refractivity contribution is -0.123. The molecule has 0 spiro atoms. The molecule has 156 valence electrons. The molecule has 0 saturated carbocycles. The Kier molecular flexibility index (Phi) is 5.63. The lowest BCUT2D eigenvalue weighted by atomic mass is 9.89. The standard InChI is InChI=1S/C22H28N2O4S/c1-15-11-12-18-19(14-22(3,4)28-20(18)13-15)23-21(25)16(2)24(29(5,26)27)17-9-7-6-8-10-17/h6-13,16,19H,14H2,1-5H3,(H,23,25)/t16-,19+/m1/s1. The van der Waals surface area contributed by atoms with Gasteiger partial charge in [0.1, 0.15) is 17.4 Å². The SMILES string of the molecule is Cc1ccc2c(c1)OC(C)(C)C[C@@H]2NC(=O)[C@@H](C)N(c1ccccc1)S(C)(=O)=O. The smallest absolute Gasteiger partial charge is 0.244 e. The molecule has 1 aliphatic heterocycles. The van der Waals surface area contributed by atoms with Crippen molar-refractivity contribution in [3.8, 4) is 5.75 Å². The number of amides is 1. The van der Waals surface area contributed by atoms with E-state index in [9.17, 15) is 13.2 Å². The summed E-state index contributed by atoms with van der Waals surface area (Å²) >= 11 is 0. The van der Waals surface area contributed by atoms with Gasteiger partial charge in [0, 0.05) is 12.0 Å². The third kappa shape index (κ3) is 4.72. The van der Waals surface area contributed by atoms with Gasteiger partial charge in [-0.1, -0.05) is 30.3 Å². The Labute approximate surface area is 172 Å². The normalized spacial score (nSPS) is 18.9. The number of carbonyl (C=O) groups excluding carboxylic acids is 1. The zero-order chi connectivity index (χ0) is 21.4. The molecular weight excluding hydrogens is 388 g/mol. The van der Waals surface area contributed by atoms with E-state index in [-0.39, 0.29) is 11.9 Å². The second-order valence-corrected chi connectivity index (χ2v) is 10.1. The van der Waals surface area contributed by atoms with Crippen LogP contribution in [0.5, 0.6) is 5.75 Å². The molecule has 6 nitrogen and oxygen atoms in total. The van der Waals surface area contributed by atoms with E-state index in [0.717, 1.165) is 27.4 Å². The number of nitrogens with one attached hydrogen (secondary N) is 1. The fourth-order valence-electron chi connectivity index (χ4n) is 3.76. The molecule has 0 aromatic heterocycles. The number of nitrogens with zero attached hydrogens (tertiary/aromatic N) is 1. The Morgan fingerprint density at radius 2 is 1.86 bits per heavy atom. The van der Waals surface area contributed by atoms with Crippen LogP contribution in [0, 0.1) is 6.92 Å². The van der Waals surface area contributed by atoms with Crippen LogP contribution < -0.4 is 14.4 Å². The second-order valence-electron chi connectivity index (χ2n) is 8.24. The van der Waals surface area contributed by atoms with Crippen molar-refractivity contribution in [3.63, 3.8) is 0 Å². The van der Waals surface area contributed by atoms with Gasteiger partial charge in [-0.2, -0.15) is 0 Å². The number of hydrogen-bond acceptors (Lipinski definition) is 4. The van der Waals surface area contributed by atoms with Crippen LogP contribution in [0.2, 0.25) is 0 Å². The van der Waals surface area contributed by atoms with Crippen LogP contribution in [0.15, 0.2) is 48.5 Å². The molecule has 0 unspecified atom stereocenters. The molecule has 2 atom stereocenters. The average Bonchev–Trinajstić information content (AvgIpc) is 2.60. The van der Waals surface area contributed by atoms with Gasteiger partial charge in [-0.3, -0.25) is 9.10 Å². The molecule has 0 aliphatic carbocycles. The van der Waals surface area contributed by atoms with E-state index in [1.807, 2.05) is 39.0 Å². The first-order valence-corrected chi connectivity index (χ1v) is 11.5. The lowest BCUT2D eigenvalue weighted by Crippen LogP contribution is -2.50. The summed E-state index contributed by atoms with van der Waals surface area (Å²) in [5, 5.41) is 3.05. The van der Waals surface area contributed by atoms with Gasteiger partial charge in [0.2, 0.25) is 15.9 Å². The average molecular weight is 417 g/mol. The molecule has 7 heteroatoms. The highest BCUT2D eigenvalue weighted by Crippen LogP contribution is 2.40. The summed E-state index contributed by atoms with van der Waals surface area (Å²) < 4.78 is 32.1. The Morgan fingerprint density at radius 3 is 2.48 bits per heavy atom. The largest absolute Gasteiger partial charge is 0.487 e. The summed E-state index contributed by atoms with van der Waals surface area (Å²) in [7, 11) is -3.64. The van der Waals surface area contributed by atoms with Gasteiger partial charge in [0.25, 0.3) is 0 Å². The molecule has 1 heterocycles. The van der Waals surface area contributed by atoms with Crippen LogP contribution in [-0.2, 0) is 14.8 Å². The highest BCUT2D eigenvalue weighted by Gasteiger charge is 2.37. The van der Waals surface area contributed by atoms with Crippen molar-refractivity contribution in [3.05, 3.63) is 59.7 Å². The van der Waals surface area contributed by atoms with Crippen LogP contribution in [0.4, 0.5) is 5.69 Å². The number of anilines is 1. The fraction of sp³-hybridized carbons (Fsp3) is 0.409. The molecule has 1 aliphatic rings. The monoisotopic (exact) mass is 416 g/mol. The Hall–Kier alpha value is -2.54. The van der Waals surface area contributed by atoms with Crippen LogP contribution >= 0.6 is 0 Å². The van der Waals surface area contributed by atoms with E-state index in [0.29, 0.717) is 12.1 Å². The summed E-state index contributed by atoms with van der Waals surface area (Å²) in [4.78, 5) is 13.1. The summed E-state index contributed by atoms with van der Waals surface area (Å²) in [6.07, 6.45) is 1.70. The summed E-state index contributed by atoms with van der Waals surface area (Å²) in [5.41, 5.74) is 1.99. The number of ether oxygens (including phenoxy) is 1. The number of benzene rings is 2. The molecule has 1 amide bonds. The van der Waals surface area contributed by atoms with Crippen LogP contribution in [-0.4, -0.2) is 32.2 Å². The van der Waals surface area contributed by atoms with Crippen molar-refractivity contribution < 1.29 is 17.9 Å². The van der Waals surface area contributed by atoms with Gasteiger partial charge in [-0.15, -0.1) is 0 Å². The van der Waals surface area contributed by atoms with Crippen LogP contribution in [0.1, 0.15) is 44.4 Å². The van der Waals surface area contributed by atoms with E-state index in [4.69, 9.17) is 4.74 Å². The van der Waals surface area contributed by atoms with Crippen molar-refractivity contribution in [1.82, 2.24) is 5.32 Å². The lowest BCUT2D eigenvalue weighted by Gasteiger charge is -2.39. The molecule has 29 heavy (non-hydrogen) atoms. The van der Waals surface area contributed by atoms with Crippen molar-refractivity contribution >= 4 is 21.6 Å². The van der Waals surface area contributed by atoms with Gasteiger partial charge in [-0.05, 0) is 51.5 Å². The molecule has 3 rings (SSSR count). The van der Waals surface area contributed by atoms with E-state index in [2.05, 4.69) is 5.32 Å². The van der Waals surface area contributed by atoms with E-state index < -0.39 is 21.7 Å². The van der Waals surface area contributed by atoms with Crippen LogP contribution in [0.3, 0.4) is 0 Å². The minimum Gasteiger partial charge on any atom is -0.487 e. The number of hydrogen-bond donors (Lipinski definition) is 1. The maximum Gasteiger partial charge on any atom is 0.244 e. The zero-order valence-electron chi connectivity index (χ0n) is 17.5. The number of carbonyl (C=O) groups is 1. The Morgan fingerprint density at radius 1 is 1.21 bits per heavy atom. The van der Waals surface area contributed by atoms with E-state index in [1.54, 1.807) is 37.3 Å². The molecule has 1 N–H and O–H groups in total. The Balaban J connectivity index is 1.89. The number of para-hydroxylation sites is 1. The minimum absolute atomic E-state index is 0.263. The third-order valence-corrected chi connectivity index (χ3v) is 6.28. The van der Waals surface area contributed by atoms with Crippen molar-refractivity contribution in [2.24, 2.45) is 0 Å². The number of fused-ring (bicyclic) bond motifs is 1. The van der Waals surface area contributed by atoms with E-state index >= 15 is 0 Å². The predicted octanol–water partition coefficient (Wildman–Crippen LogP) is 3.57. The number of aryl methyl sites for hydroxylation is 1. The summed E-state index contributed by atoms with van der Waals surface area (Å²) in [6.45, 7) is 7.55. The maximum absolute atomic E-state index is 13.1. The predicted molar refractivity (Wildman–Crippen MR) is 115 cm³/mol. The first-order valence-electron chi connectivity index (χ1n) is 9.62. The van der Waals surface area contributed by atoms with Gasteiger partial charge in [0.15, 0.2) is 0 Å². The minimum atomic E-state index is -3.64. The molecule has 2 aromatic carbocycles. The third-order valence-electron chi connectivity index (χ3n) is 5.04. The molecule has 0 saturated heterocycles. The summed E-state index contributed by atoms with van der Waals surface area (Å²) in [5.74, 6) is 0.399. The van der Waals surface area contributed by atoms with Crippen molar-refractivity contribution in [2.45, 2.75) is 51.8 Å².